The minimum Gasteiger partial charge on any atom is -0.510 e. The first-order valence-corrected chi connectivity index (χ1v) is 17.1. The number of nitrogens with zero attached hydrogens (tertiary/aromatic N) is 3. The molecule has 286 valence electrons. The van der Waals surface area contributed by atoms with E-state index in [-0.39, 0.29) is 42.6 Å². The number of allylic oxidation sites excluding steroid dienone is 1. The van der Waals surface area contributed by atoms with Gasteiger partial charge in [-0.2, -0.15) is 0 Å². The van der Waals surface area contributed by atoms with E-state index in [2.05, 4.69) is 0 Å². The van der Waals surface area contributed by atoms with Crippen LogP contribution in [0.4, 0.5) is 10.5 Å². The zero-order valence-electron chi connectivity index (χ0n) is 31.8. The van der Waals surface area contributed by atoms with E-state index in [1.54, 1.807) is 59.9 Å². The summed E-state index contributed by atoms with van der Waals surface area (Å²) < 4.78 is 10.8. The van der Waals surface area contributed by atoms with Crippen LogP contribution in [0.3, 0.4) is 0 Å². The quantitative estimate of drug-likeness (QED) is 0.148. The van der Waals surface area contributed by atoms with Gasteiger partial charge in [-0.1, -0.05) is 20.8 Å². The number of carbonyl (C=O) groups excluding carboxylic acids is 5. The molecule has 15 nitrogen and oxygen atoms in total. The summed E-state index contributed by atoms with van der Waals surface area (Å²) in [6.45, 7) is 12.0. The van der Waals surface area contributed by atoms with Crippen molar-refractivity contribution in [2.45, 2.75) is 85.8 Å². The summed E-state index contributed by atoms with van der Waals surface area (Å²) in [5.74, 6) is -8.05. The van der Waals surface area contributed by atoms with Crippen LogP contribution in [0.2, 0.25) is 0 Å². The molecule has 1 aromatic carbocycles. The molecule has 0 spiro atoms. The highest BCUT2D eigenvalue weighted by Crippen LogP contribution is 2.53. The van der Waals surface area contributed by atoms with Crippen molar-refractivity contribution in [3.63, 3.8) is 0 Å². The number of primary amides is 1. The number of Topliss-reactive ketones (excluding diaryl/α,β-unsaturated/α-hetero) is 2. The SMILES string of the molecule is CC(OC(=O)N(Cc1cc(N(C)C)c2c(c1O)C(=O)C1=C(O)[C@]3(O)C(=O)C(C(N)=O)=C(O)[C@@H](N(C)C)[C@@H]3C[C@@H]1C2)CC(C)(C)C)OC(=O)C(C)(C)C. The summed E-state index contributed by atoms with van der Waals surface area (Å²) in [7, 11) is 6.61. The van der Waals surface area contributed by atoms with Crippen LogP contribution in [-0.2, 0) is 36.8 Å². The number of ether oxygens (including phenoxy) is 2. The smallest absolute Gasteiger partial charge is 0.413 e. The number of phenols is 1. The molecule has 1 aromatic rings. The molecular weight excluding hydrogens is 676 g/mol. The van der Waals surface area contributed by atoms with Crippen LogP contribution in [0.15, 0.2) is 28.7 Å². The van der Waals surface area contributed by atoms with Crippen molar-refractivity contribution in [1.29, 1.82) is 0 Å². The van der Waals surface area contributed by atoms with Crippen molar-refractivity contribution in [2.75, 3.05) is 39.6 Å². The maximum atomic E-state index is 14.5. The summed E-state index contributed by atoms with van der Waals surface area (Å²) in [4.78, 5) is 71.0. The minimum absolute atomic E-state index is 0.0513. The van der Waals surface area contributed by atoms with Gasteiger partial charge in [0.25, 0.3) is 5.91 Å². The highest BCUT2D eigenvalue weighted by Gasteiger charge is 2.63. The van der Waals surface area contributed by atoms with Crippen LogP contribution in [0.25, 0.3) is 0 Å². The van der Waals surface area contributed by atoms with Crippen molar-refractivity contribution in [1.82, 2.24) is 9.80 Å². The number of carbonyl (C=O) groups is 5. The number of anilines is 1. The number of ketones is 2. The number of fused-ring (bicyclic) bond motifs is 3. The van der Waals surface area contributed by atoms with Gasteiger partial charge in [-0.15, -0.1) is 0 Å². The number of hydrogen-bond donors (Lipinski definition) is 5. The van der Waals surface area contributed by atoms with Crippen LogP contribution in [-0.4, -0.2) is 112 Å². The van der Waals surface area contributed by atoms with Gasteiger partial charge >= 0.3 is 12.1 Å². The lowest BCUT2D eigenvalue weighted by Crippen LogP contribution is -2.63. The zero-order valence-corrected chi connectivity index (χ0v) is 31.8. The maximum Gasteiger partial charge on any atom is 0.413 e. The Morgan fingerprint density at radius 3 is 2.12 bits per heavy atom. The van der Waals surface area contributed by atoms with Crippen LogP contribution >= 0.6 is 0 Å². The van der Waals surface area contributed by atoms with Gasteiger partial charge in [-0.05, 0) is 70.7 Å². The molecule has 5 atom stereocenters. The van der Waals surface area contributed by atoms with E-state index in [9.17, 15) is 44.4 Å². The number of benzene rings is 1. The molecule has 0 saturated carbocycles. The van der Waals surface area contributed by atoms with Gasteiger partial charge in [-0.3, -0.25) is 24.1 Å². The number of aromatic hydroxyl groups is 1. The molecule has 6 N–H and O–H groups in total. The average molecular weight is 729 g/mol. The highest BCUT2D eigenvalue weighted by molar-refractivity contribution is 6.25. The van der Waals surface area contributed by atoms with Crippen molar-refractivity contribution < 1.29 is 53.9 Å². The van der Waals surface area contributed by atoms with Gasteiger partial charge in [0.15, 0.2) is 11.4 Å². The largest absolute Gasteiger partial charge is 0.510 e. The van der Waals surface area contributed by atoms with E-state index in [4.69, 9.17) is 15.2 Å². The van der Waals surface area contributed by atoms with Gasteiger partial charge in [0.1, 0.15) is 22.8 Å². The molecule has 4 rings (SSSR count). The fourth-order valence-electron chi connectivity index (χ4n) is 7.40. The van der Waals surface area contributed by atoms with Crippen molar-refractivity contribution >= 4 is 35.2 Å². The van der Waals surface area contributed by atoms with E-state index < -0.39 is 93.0 Å². The van der Waals surface area contributed by atoms with E-state index in [1.807, 2.05) is 20.8 Å². The highest BCUT2D eigenvalue weighted by atomic mass is 16.7. The Hall–Kier alpha value is -4.63. The third kappa shape index (κ3) is 7.07. The van der Waals surface area contributed by atoms with Gasteiger partial charge in [-0.25, -0.2) is 4.79 Å². The molecule has 0 aromatic heterocycles. The Bertz CT molecular complexity index is 1760. The second-order valence-corrected chi connectivity index (χ2v) is 16.6. The van der Waals surface area contributed by atoms with Crippen molar-refractivity contribution in [3.8, 4) is 5.75 Å². The predicted octanol–water partition coefficient (Wildman–Crippen LogP) is 3.11. The topological polar surface area (TPSA) is 220 Å². The molecule has 3 aliphatic rings. The summed E-state index contributed by atoms with van der Waals surface area (Å²) >= 11 is 0. The lowest BCUT2D eigenvalue weighted by molar-refractivity contribution is -0.175. The van der Waals surface area contributed by atoms with Crippen molar-refractivity contribution in [3.05, 3.63) is 45.4 Å². The summed E-state index contributed by atoms with van der Waals surface area (Å²) in [6.07, 6.45) is -2.02. The number of likely N-dealkylation sites (N-methyl/N-ethyl adjacent to an activating group) is 1. The van der Waals surface area contributed by atoms with Gasteiger partial charge in [0.2, 0.25) is 12.1 Å². The Kier molecular flexibility index (Phi) is 10.6. The molecule has 0 fully saturated rings. The van der Waals surface area contributed by atoms with Gasteiger partial charge in [0.05, 0.1) is 23.6 Å². The summed E-state index contributed by atoms with van der Waals surface area (Å²) in [5, 5.41) is 46.5. The Balaban J connectivity index is 1.83. The molecule has 3 aliphatic carbocycles. The maximum absolute atomic E-state index is 14.5. The number of aliphatic hydroxyl groups is 3. The number of rotatable bonds is 8. The molecule has 52 heavy (non-hydrogen) atoms. The number of esters is 1. The molecule has 0 heterocycles. The second-order valence-electron chi connectivity index (χ2n) is 16.6. The molecule has 0 saturated heterocycles. The first-order chi connectivity index (χ1) is 23.7. The van der Waals surface area contributed by atoms with Crippen LogP contribution in [0.1, 0.15) is 76.4 Å². The van der Waals surface area contributed by atoms with Crippen molar-refractivity contribution in [2.24, 2.45) is 28.4 Å². The molecule has 1 unspecified atom stereocenters. The van der Waals surface area contributed by atoms with E-state index in [0.717, 1.165) is 0 Å². The number of nitrogens with two attached hydrogens (primary N) is 1. The van der Waals surface area contributed by atoms with E-state index in [1.165, 1.54) is 16.7 Å². The molecule has 0 aliphatic heterocycles. The molecule has 2 amide bonds. The van der Waals surface area contributed by atoms with Gasteiger partial charge in [0, 0.05) is 50.3 Å². The fourth-order valence-corrected chi connectivity index (χ4v) is 7.40. The fraction of sp³-hybridized carbons (Fsp3) is 0.595. The van der Waals surface area contributed by atoms with E-state index in [0.29, 0.717) is 11.3 Å². The Morgan fingerprint density at radius 2 is 1.62 bits per heavy atom. The number of hydrogen-bond acceptors (Lipinski definition) is 13. The zero-order chi connectivity index (χ0) is 39.6. The van der Waals surface area contributed by atoms with E-state index >= 15 is 0 Å². The third-order valence-corrected chi connectivity index (χ3v) is 9.70. The summed E-state index contributed by atoms with van der Waals surface area (Å²) in [5.41, 5.74) is 1.14. The standard InChI is InChI=1S/C37H52N4O11/c1-17(51-33(48)36(5,6)7)52-34(49)41(16-35(2,3)4)15-19-14-22(39(8)9)20-12-18-13-21-26(40(10)11)29(44)25(32(38)47)31(46)37(21,50)30(45)23(18)28(43)24(20)27(19)42/h14,17-18,21,26,42,44-45,50H,12-13,15-16H2,1-11H3,(H2,38,47)/t17?,18-,21-,26-,37-/m0/s1. The van der Waals surface area contributed by atoms with Crippen LogP contribution < -0.4 is 10.6 Å². The number of amides is 2. The Labute approximate surface area is 303 Å². The number of aliphatic hydroxyl groups excluding tert-OH is 2. The first-order valence-electron chi connectivity index (χ1n) is 17.1. The van der Waals surface area contributed by atoms with Gasteiger partial charge < -0.3 is 45.4 Å². The molecule has 0 bridgehead atoms. The summed E-state index contributed by atoms with van der Waals surface area (Å²) in [6, 6.07) is 0.546. The average Bonchev–Trinajstić information content (AvgIpc) is 2.98. The lowest BCUT2D eigenvalue weighted by Gasteiger charge is -2.50. The lowest BCUT2D eigenvalue weighted by atomic mass is 9.58. The number of phenolic OH excluding ortho intramolecular Hbond substituents is 1. The molecular formula is C37H52N4O11. The monoisotopic (exact) mass is 728 g/mol. The first kappa shape index (κ1) is 40.1. The second kappa shape index (κ2) is 13.7. The Morgan fingerprint density at radius 1 is 1.02 bits per heavy atom. The third-order valence-electron chi connectivity index (χ3n) is 9.70. The van der Waals surface area contributed by atoms with Crippen LogP contribution in [0, 0.1) is 22.7 Å². The molecule has 0 radical (unpaired) electrons. The van der Waals surface area contributed by atoms with Crippen LogP contribution in [0.5, 0.6) is 5.75 Å². The normalized spacial score (nSPS) is 23.8. The predicted molar refractivity (Wildman–Crippen MR) is 189 cm³/mol. The molecule has 15 heteroatoms. The minimum atomic E-state index is -2.78.